The van der Waals surface area contributed by atoms with Gasteiger partial charge < -0.3 is 10.8 Å². The largest absolute Gasteiger partial charge is 0.478 e. The van der Waals surface area contributed by atoms with Crippen molar-refractivity contribution in [3.63, 3.8) is 0 Å². The molecule has 1 aromatic heterocycles. The molecular weight excluding hydrogens is 228 g/mol. The summed E-state index contributed by atoms with van der Waals surface area (Å²) >= 11 is 0. The summed E-state index contributed by atoms with van der Waals surface area (Å²) in [5.74, 6) is -1.28. The molecule has 0 spiro atoms. The predicted molar refractivity (Wildman–Crippen MR) is 59.3 cm³/mol. The van der Waals surface area contributed by atoms with Gasteiger partial charge in [0, 0.05) is 18.5 Å². The van der Waals surface area contributed by atoms with E-state index >= 15 is 0 Å². The number of aliphatic carboxylic acids is 1. The molecule has 0 radical (unpaired) electrons. The van der Waals surface area contributed by atoms with Crippen LogP contribution in [-0.2, 0) is 4.79 Å². The number of primary amides is 1. The highest BCUT2D eigenvalue weighted by Crippen LogP contribution is 2.04. The van der Waals surface area contributed by atoms with Gasteiger partial charge in [0.2, 0.25) is 5.95 Å². The topological polar surface area (TPSA) is 127 Å². The van der Waals surface area contributed by atoms with Crippen molar-refractivity contribution >= 4 is 24.1 Å². The highest BCUT2D eigenvalue weighted by atomic mass is 16.4. The van der Waals surface area contributed by atoms with Gasteiger partial charge in [-0.25, -0.2) is 9.59 Å². The summed E-state index contributed by atoms with van der Waals surface area (Å²) in [6.07, 6.45) is 2.47. The van der Waals surface area contributed by atoms with Crippen LogP contribution in [0.4, 0.5) is 10.7 Å². The summed E-state index contributed by atoms with van der Waals surface area (Å²) in [7, 11) is 0. The third-order valence-corrected chi connectivity index (χ3v) is 1.74. The third kappa shape index (κ3) is 3.45. The molecule has 1 rings (SSSR count). The lowest BCUT2D eigenvalue weighted by Gasteiger charge is -2.07. The first-order valence-electron chi connectivity index (χ1n) is 4.47. The smallest absolute Gasteiger partial charge is 0.332 e. The van der Waals surface area contributed by atoms with E-state index in [1.165, 1.54) is 23.9 Å². The normalized spacial score (nSPS) is 11.0. The molecule has 0 aliphatic heterocycles. The summed E-state index contributed by atoms with van der Waals surface area (Å²) in [5.41, 5.74) is 4.32. The molecule has 0 unspecified atom stereocenters. The first-order valence-corrected chi connectivity index (χ1v) is 4.47. The molecule has 4 N–H and O–H groups in total. The molecule has 8 heteroatoms. The number of anilines is 1. The van der Waals surface area contributed by atoms with Crippen molar-refractivity contribution in [1.29, 1.82) is 0 Å². The summed E-state index contributed by atoms with van der Waals surface area (Å²) in [4.78, 5) is 35.8. The number of carboxylic acids is 1. The molecule has 8 nitrogen and oxygen atoms in total. The number of urea groups is 1. The zero-order valence-corrected chi connectivity index (χ0v) is 8.88. The lowest BCUT2D eigenvalue weighted by atomic mass is 10.3. The zero-order valence-electron chi connectivity index (χ0n) is 8.88. The van der Waals surface area contributed by atoms with Crippen molar-refractivity contribution < 1.29 is 14.7 Å². The number of nitrogens with two attached hydrogens (primary N) is 1. The van der Waals surface area contributed by atoms with Crippen LogP contribution in [0.25, 0.3) is 6.20 Å². The number of aromatic nitrogens is 2. The highest BCUT2D eigenvalue weighted by Gasteiger charge is 2.05. The monoisotopic (exact) mass is 238 g/mol. The van der Waals surface area contributed by atoms with Crippen molar-refractivity contribution in [2.45, 2.75) is 6.92 Å². The Balaban J connectivity index is 3.23. The highest BCUT2D eigenvalue weighted by molar-refractivity contribution is 5.90. The molecule has 0 atom stereocenters. The number of rotatable bonds is 3. The maximum atomic E-state index is 11.0. The Morgan fingerprint density at radius 3 is 2.76 bits per heavy atom. The molecule has 0 saturated carbocycles. The minimum Gasteiger partial charge on any atom is -0.478 e. The van der Waals surface area contributed by atoms with Crippen molar-refractivity contribution in [3.8, 4) is 0 Å². The summed E-state index contributed by atoms with van der Waals surface area (Å²) in [5, 5.41) is 10.8. The Morgan fingerprint density at radius 1 is 1.59 bits per heavy atom. The summed E-state index contributed by atoms with van der Waals surface area (Å²) in [6.45, 7) is 1.36. The standard InChI is InChI=1S/C9H10N4O4/c1-5(7(15)16)4-13-3-2-6(14)11-9(13)12-8(10)17/h2-4H,1H3,(H,15,16)(H3,10,11,12,14,17). The van der Waals surface area contributed by atoms with Crippen molar-refractivity contribution in [2.24, 2.45) is 5.73 Å². The third-order valence-electron chi connectivity index (χ3n) is 1.74. The molecule has 1 aromatic rings. The second-order valence-corrected chi connectivity index (χ2v) is 3.10. The molecule has 0 fully saturated rings. The molecule has 90 valence electrons. The van der Waals surface area contributed by atoms with Gasteiger partial charge in [-0.1, -0.05) is 0 Å². The minimum absolute atomic E-state index is 0.00275. The number of carbonyl (C=O) groups excluding carboxylic acids is 1. The molecule has 0 aliphatic rings. The quantitative estimate of drug-likeness (QED) is 0.622. The average molecular weight is 238 g/mol. The van der Waals surface area contributed by atoms with Crippen LogP contribution < -0.4 is 16.6 Å². The Kier molecular flexibility index (Phi) is 3.60. The molecule has 0 saturated heterocycles. The molecule has 17 heavy (non-hydrogen) atoms. The SMILES string of the molecule is CC(=Cn1ccc(=O)nc1NC(N)=O)C(=O)O. The molecule has 1 heterocycles. The second kappa shape index (κ2) is 4.92. The number of nitrogens with one attached hydrogen (secondary N) is 1. The van der Waals surface area contributed by atoms with Crippen LogP contribution in [0.5, 0.6) is 0 Å². The van der Waals surface area contributed by atoms with Crippen LogP contribution in [0.2, 0.25) is 0 Å². The predicted octanol–water partition coefficient (Wildman–Crippen LogP) is -0.321. The van der Waals surface area contributed by atoms with Crippen LogP contribution in [0.1, 0.15) is 6.92 Å². The molecule has 0 aliphatic carbocycles. The van der Waals surface area contributed by atoms with E-state index in [2.05, 4.69) is 10.3 Å². The van der Waals surface area contributed by atoms with Gasteiger partial charge in [-0.3, -0.25) is 14.7 Å². The molecule has 2 amide bonds. The van der Waals surface area contributed by atoms with E-state index in [1.807, 2.05) is 0 Å². The van der Waals surface area contributed by atoms with E-state index in [0.29, 0.717) is 0 Å². The Morgan fingerprint density at radius 2 is 2.24 bits per heavy atom. The van der Waals surface area contributed by atoms with Gasteiger partial charge in [-0.15, -0.1) is 0 Å². The van der Waals surface area contributed by atoms with Gasteiger partial charge in [0.1, 0.15) is 0 Å². The summed E-state index contributed by atoms with van der Waals surface area (Å²) < 4.78 is 1.18. The van der Waals surface area contributed by atoms with Gasteiger partial charge in [0.15, 0.2) is 0 Å². The number of carbonyl (C=O) groups is 2. The van der Waals surface area contributed by atoms with Gasteiger partial charge in [-0.05, 0) is 6.92 Å². The van der Waals surface area contributed by atoms with E-state index in [1.54, 1.807) is 0 Å². The summed E-state index contributed by atoms with van der Waals surface area (Å²) in [6, 6.07) is 0.218. The fraction of sp³-hybridized carbons (Fsp3) is 0.111. The fourth-order valence-electron chi connectivity index (χ4n) is 0.985. The average Bonchev–Trinajstić information content (AvgIpc) is 2.20. The van der Waals surface area contributed by atoms with Crippen LogP contribution in [-0.4, -0.2) is 26.7 Å². The maximum absolute atomic E-state index is 11.0. The molecular formula is C9H10N4O4. The van der Waals surface area contributed by atoms with Crippen LogP contribution >= 0.6 is 0 Å². The first kappa shape index (κ1) is 12.4. The van der Waals surface area contributed by atoms with Crippen molar-refractivity contribution in [2.75, 3.05) is 5.32 Å². The van der Waals surface area contributed by atoms with E-state index in [4.69, 9.17) is 10.8 Å². The van der Waals surface area contributed by atoms with Gasteiger partial charge in [0.25, 0.3) is 5.56 Å². The fourth-order valence-corrected chi connectivity index (χ4v) is 0.985. The van der Waals surface area contributed by atoms with E-state index in [9.17, 15) is 14.4 Å². The maximum Gasteiger partial charge on any atom is 0.332 e. The van der Waals surface area contributed by atoms with Crippen LogP contribution in [0.15, 0.2) is 22.6 Å². The number of nitrogens with zero attached hydrogens (tertiary/aromatic N) is 2. The first-order chi connectivity index (χ1) is 7.90. The lowest BCUT2D eigenvalue weighted by Crippen LogP contribution is -2.24. The van der Waals surface area contributed by atoms with Crippen LogP contribution in [0, 0.1) is 0 Å². The van der Waals surface area contributed by atoms with Crippen molar-refractivity contribution in [3.05, 3.63) is 28.2 Å². The van der Waals surface area contributed by atoms with Gasteiger partial charge in [0.05, 0.1) is 5.57 Å². The van der Waals surface area contributed by atoms with E-state index < -0.39 is 17.6 Å². The van der Waals surface area contributed by atoms with E-state index in [-0.39, 0.29) is 11.5 Å². The minimum atomic E-state index is -1.13. The Labute approximate surface area is 95.4 Å². The lowest BCUT2D eigenvalue weighted by molar-refractivity contribution is -0.132. The molecule has 0 bridgehead atoms. The Bertz CT molecular complexity index is 546. The number of amides is 2. The zero-order chi connectivity index (χ0) is 13.0. The van der Waals surface area contributed by atoms with Crippen LogP contribution in [0.3, 0.4) is 0 Å². The van der Waals surface area contributed by atoms with Crippen molar-refractivity contribution in [1.82, 2.24) is 9.55 Å². The Hall–Kier alpha value is -2.64. The number of hydrogen-bond donors (Lipinski definition) is 3. The van der Waals surface area contributed by atoms with Gasteiger partial charge in [-0.2, -0.15) is 4.98 Å². The second-order valence-electron chi connectivity index (χ2n) is 3.10. The molecule has 0 aromatic carbocycles. The van der Waals surface area contributed by atoms with E-state index in [0.717, 1.165) is 6.07 Å². The number of hydrogen-bond acceptors (Lipinski definition) is 4. The number of carboxylic acid groups (broad SMARTS) is 1. The van der Waals surface area contributed by atoms with Gasteiger partial charge >= 0.3 is 12.0 Å².